The molecule has 0 aliphatic heterocycles. The van der Waals surface area contributed by atoms with E-state index in [0.717, 1.165) is 21.1 Å². The molecule has 1 heterocycles. The Kier molecular flexibility index (Phi) is 4.75. The van der Waals surface area contributed by atoms with E-state index in [9.17, 15) is 9.90 Å². The molecule has 21 heavy (non-hydrogen) atoms. The molecule has 0 aliphatic rings. The third kappa shape index (κ3) is 4.12. The number of amides is 1. The highest BCUT2D eigenvalue weighted by Gasteiger charge is 2.26. The van der Waals surface area contributed by atoms with Gasteiger partial charge in [-0.25, -0.2) is 4.98 Å². The van der Waals surface area contributed by atoms with Gasteiger partial charge in [-0.05, 0) is 26.3 Å². The molecule has 1 amide bonds. The molecule has 0 saturated carbocycles. The fraction of sp³-hybridized carbons (Fsp3) is 0.375. The topological polar surface area (TPSA) is 62.2 Å². The number of aliphatic hydroxyl groups is 1. The van der Waals surface area contributed by atoms with Crippen LogP contribution in [0, 0.1) is 13.8 Å². The van der Waals surface area contributed by atoms with Gasteiger partial charge in [0, 0.05) is 4.88 Å². The smallest absolute Gasteiger partial charge is 0.223 e. The summed E-state index contributed by atoms with van der Waals surface area (Å²) in [6, 6.07) is 9.22. The predicted molar refractivity (Wildman–Crippen MR) is 84.1 cm³/mol. The third-order valence-electron chi connectivity index (χ3n) is 3.41. The van der Waals surface area contributed by atoms with Gasteiger partial charge in [-0.15, -0.1) is 11.3 Å². The third-order valence-corrected chi connectivity index (χ3v) is 4.48. The zero-order valence-corrected chi connectivity index (χ0v) is 13.3. The monoisotopic (exact) mass is 304 g/mol. The maximum absolute atomic E-state index is 12.0. The lowest BCUT2D eigenvalue weighted by molar-refractivity contribution is -0.126. The number of benzene rings is 1. The Morgan fingerprint density at radius 1 is 1.33 bits per heavy atom. The fourth-order valence-corrected chi connectivity index (χ4v) is 2.94. The lowest BCUT2D eigenvalue weighted by atomic mass is 9.92. The largest absolute Gasteiger partial charge is 0.385 e. The van der Waals surface area contributed by atoms with Crippen molar-refractivity contribution in [3.05, 3.63) is 51.5 Å². The van der Waals surface area contributed by atoms with Gasteiger partial charge in [0.25, 0.3) is 0 Å². The number of carbonyl (C=O) groups excluding carboxylic acids is 1. The van der Waals surface area contributed by atoms with Crippen LogP contribution in [-0.4, -0.2) is 16.0 Å². The van der Waals surface area contributed by atoms with Crippen molar-refractivity contribution >= 4 is 17.2 Å². The standard InChI is InChI=1S/C16H20N2O2S/c1-11-12(2)21-15(18-11)10-17-14(19)9-16(3,20)13-7-5-4-6-8-13/h4-8,20H,9-10H2,1-3H3,(H,17,19). The van der Waals surface area contributed by atoms with Crippen LogP contribution in [0.15, 0.2) is 30.3 Å². The predicted octanol–water partition coefficient (Wildman–Crippen LogP) is 2.67. The Bertz CT molecular complexity index is 601. The van der Waals surface area contributed by atoms with Crippen molar-refractivity contribution in [2.24, 2.45) is 0 Å². The van der Waals surface area contributed by atoms with E-state index in [1.54, 1.807) is 18.3 Å². The summed E-state index contributed by atoms with van der Waals surface area (Å²) in [6.45, 7) is 6.03. The van der Waals surface area contributed by atoms with E-state index in [1.165, 1.54) is 0 Å². The molecule has 0 bridgehead atoms. The SMILES string of the molecule is Cc1nc(CNC(=O)CC(C)(O)c2ccccc2)sc1C. The van der Waals surface area contributed by atoms with Crippen molar-refractivity contribution in [2.45, 2.75) is 39.3 Å². The molecular formula is C16H20N2O2S. The highest BCUT2D eigenvalue weighted by Crippen LogP contribution is 2.24. The summed E-state index contributed by atoms with van der Waals surface area (Å²) < 4.78 is 0. The summed E-state index contributed by atoms with van der Waals surface area (Å²) in [4.78, 5) is 17.5. The first-order valence-electron chi connectivity index (χ1n) is 6.86. The van der Waals surface area contributed by atoms with Crippen LogP contribution in [0.25, 0.3) is 0 Å². The van der Waals surface area contributed by atoms with Crippen LogP contribution >= 0.6 is 11.3 Å². The number of nitrogens with zero attached hydrogens (tertiary/aromatic N) is 1. The number of aryl methyl sites for hydroxylation is 2. The van der Waals surface area contributed by atoms with E-state index in [0.29, 0.717) is 6.54 Å². The summed E-state index contributed by atoms with van der Waals surface area (Å²) >= 11 is 1.58. The Morgan fingerprint density at radius 3 is 2.57 bits per heavy atom. The minimum atomic E-state index is -1.17. The number of thiazole rings is 1. The number of rotatable bonds is 5. The van der Waals surface area contributed by atoms with Crippen LogP contribution in [0.4, 0.5) is 0 Å². The van der Waals surface area contributed by atoms with Gasteiger partial charge in [-0.2, -0.15) is 0 Å². The lowest BCUT2D eigenvalue weighted by Gasteiger charge is -2.23. The minimum Gasteiger partial charge on any atom is -0.385 e. The number of nitrogens with one attached hydrogen (secondary N) is 1. The number of aromatic nitrogens is 1. The summed E-state index contributed by atoms with van der Waals surface area (Å²) in [5, 5.41) is 14.1. The zero-order chi connectivity index (χ0) is 15.5. The van der Waals surface area contributed by atoms with Crippen LogP contribution in [0.2, 0.25) is 0 Å². The first kappa shape index (κ1) is 15.7. The first-order valence-corrected chi connectivity index (χ1v) is 7.67. The Labute approximate surface area is 128 Å². The van der Waals surface area contributed by atoms with Gasteiger partial charge in [0.1, 0.15) is 5.01 Å². The molecule has 2 aromatic rings. The Morgan fingerprint density at radius 2 is 2.00 bits per heavy atom. The van der Waals surface area contributed by atoms with Crippen molar-refractivity contribution in [2.75, 3.05) is 0 Å². The summed E-state index contributed by atoms with van der Waals surface area (Å²) in [5.41, 5.74) is 0.571. The zero-order valence-electron chi connectivity index (χ0n) is 12.5. The van der Waals surface area contributed by atoms with Gasteiger partial charge in [0.05, 0.1) is 24.3 Å². The molecule has 112 valence electrons. The van der Waals surface area contributed by atoms with Crippen molar-refractivity contribution in [1.82, 2.24) is 10.3 Å². The van der Waals surface area contributed by atoms with E-state index in [1.807, 2.05) is 44.2 Å². The average molecular weight is 304 g/mol. The molecule has 1 atom stereocenters. The molecule has 0 aliphatic carbocycles. The quantitative estimate of drug-likeness (QED) is 0.892. The average Bonchev–Trinajstić information content (AvgIpc) is 2.76. The summed E-state index contributed by atoms with van der Waals surface area (Å²) in [7, 11) is 0. The Hall–Kier alpha value is -1.72. The van der Waals surface area contributed by atoms with E-state index < -0.39 is 5.60 Å². The fourth-order valence-electron chi connectivity index (χ4n) is 2.06. The second-order valence-corrected chi connectivity index (χ2v) is 6.63. The van der Waals surface area contributed by atoms with Crippen molar-refractivity contribution in [3.8, 4) is 0 Å². The van der Waals surface area contributed by atoms with Crippen LogP contribution in [0.1, 0.15) is 34.5 Å². The molecule has 1 aromatic carbocycles. The van der Waals surface area contributed by atoms with Crippen LogP contribution in [0.3, 0.4) is 0 Å². The van der Waals surface area contributed by atoms with Crippen molar-refractivity contribution in [1.29, 1.82) is 0 Å². The maximum atomic E-state index is 12.0. The van der Waals surface area contributed by atoms with Crippen LogP contribution < -0.4 is 5.32 Å². The van der Waals surface area contributed by atoms with Gasteiger partial charge in [0.2, 0.25) is 5.91 Å². The number of carbonyl (C=O) groups is 1. The molecule has 0 radical (unpaired) electrons. The van der Waals surface area contributed by atoms with E-state index in [2.05, 4.69) is 10.3 Å². The molecular weight excluding hydrogens is 284 g/mol. The van der Waals surface area contributed by atoms with Gasteiger partial charge >= 0.3 is 0 Å². The van der Waals surface area contributed by atoms with E-state index in [-0.39, 0.29) is 12.3 Å². The van der Waals surface area contributed by atoms with Crippen LogP contribution in [0.5, 0.6) is 0 Å². The number of hydrogen-bond donors (Lipinski definition) is 2. The molecule has 1 unspecified atom stereocenters. The maximum Gasteiger partial charge on any atom is 0.223 e. The summed E-state index contributed by atoms with van der Waals surface area (Å²) in [5.74, 6) is -0.186. The van der Waals surface area contributed by atoms with Gasteiger partial charge < -0.3 is 10.4 Å². The normalized spacial score (nSPS) is 13.7. The molecule has 4 nitrogen and oxygen atoms in total. The molecule has 0 spiro atoms. The molecule has 2 rings (SSSR count). The molecule has 5 heteroatoms. The molecule has 1 aromatic heterocycles. The van der Waals surface area contributed by atoms with Gasteiger partial charge in [-0.3, -0.25) is 4.79 Å². The minimum absolute atomic E-state index is 0.0281. The number of hydrogen-bond acceptors (Lipinski definition) is 4. The second kappa shape index (κ2) is 6.37. The van der Waals surface area contributed by atoms with Gasteiger partial charge in [0.15, 0.2) is 0 Å². The molecule has 0 fully saturated rings. The Balaban J connectivity index is 1.92. The second-order valence-electron chi connectivity index (χ2n) is 5.34. The van der Waals surface area contributed by atoms with Crippen molar-refractivity contribution < 1.29 is 9.90 Å². The molecule has 2 N–H and O–H groups in total. The van der Waals surface area contributed by atoms with Crippen LogP contribution in [-0.2, 0) is 16.9 Å². The van der Waals surface area contributed by atoms with Gasteiger partial charge in [-0.1, -0.05) is 30.3 Å². The van der Waals surface area contributed by atoms with E-state index in [4.69, 9.17) is 0 Å². The first-order chi connectivity index (χ1) is 9.88. The highest BCUT2D eigenvalue weighted by atomic mass is 32.1. The van der Waals surface area contributed by atoms with E-state index >= 15 is 0 Å². The molecule has 0 saturated heterocycles. The highest BCUT2D eigenvalue weighted by molar-refractivity contribution is 7.11. The summed E-state index contributed by atoms with van der Waals surface area (Å²) in [6.07, 6.45) is 0.0281. The lowest BCUT2D eigenvalue weighted by Crippen LogP contribution is -2.32. The van der Waals surface area contributed by atoms with Crippen molar-refractivity contribution in [3.63, 3.8) is 0 Å².